The molecule has 3 rings (SSSR count). The first-order valence-electron chi connectivity index (χ1n) is 7.65. The van der Waals surface area contributed by atoms with E-state index in [9.17, 15) is 4.21 Å². The SMILES string of the molecule is Cc1ccc(C[n+]2cccc(S(=O)c3ccc(C)cc3)c2)cc1.[Br-]. The van der Waals surface area contributed by atoms with E-state index in [1.807, 2.05) is 55.7 Å². The van der Waals surface area contributed by atoms with E-state index in [-0.39, 0.29) is 17.0 Å². The zero-order chi connectivity index (χ0) is 16.2. The summed E-state index contributed by atoms with van der Waals surface area (Å²) in [5.74, 6) is 0. The van der Waals surface area contributed by atoms with Crippen LogP contribution in [-0.2, 0) is 17.3 Å². The highest BCUT2D eigenvalue weighted by molar-refractivity contribution is 7.85. The van der Waals surface area contributed by atoms with Gasteiger partial charge in [0, 0.05) is 16.5 Å². The Morgan fingerprint density at radius 2 is 1.42 bits per heavy atom. The van der Waals surface area contributed by atoms with Gasteiger partial charge in [0.25, 0.3) is 0 Å². The molecule has 1 heterocycles. The summed E-state index contributed by atoms with van der Waals surface area (Å²) in [6.45, 7) is 4.90. The highest BCUT2D eigenvalue weighted by atomic mass is 79.9. The van der Waals surface area contributed by atoms with Crippen LogP contribution in [0.5, 0.6) is 0 Å². The average Bonchev–Trinajstić information content (AvgIpc) is 2.57. The molecule has 0 N–H and O–H groups in total. The molecule has 0 amide bonds. The maximum atomic E-state index is 12.7. The summed E-state index contributed by atoms with van der Waals surface area (Å²) in [6.07, 6.45) is 3.98. The van der Waals surface area contributed by atoms with E-state index in [0.717, 1.165) is 16.3 Å². The van der Waals surface area contributed by atoms with Gasteiger partial charge in [-0.3, -0.25) is 0 Å². The van der Waals surface area contributed by atoms with Crippen LogP contribution in [0.25, 0.3) is 0 Å². The van der Waals surface area contributed by atoms with Crippen molar-refractivity contribution in [2.24, 2.45) is 0 Å². The number of rotatable bonds is 4. The van der Waals surface area contributed by atoms with Gasteiger partial charge in [0.2, 0.25) is 0 Å². The maximum absolute atomic E-state index is 12.7. The Kier molecular flexibility index (Phi) is 6.46. The zero-order valence-electron chi connectivity index (χ0n) is 13.8. The monoisotopic (exact) mass is 401 g/mol. The fourth-order valence-corrected chi connectivity index (χ4v) is 3.50. The lowest BCUT2D eigenvalue weighted by Crippen LogP contribution is -3.00. The van der Waals surface area contributed by atoms with Crippen LogP contribution in [0.4, 0.5) is 0 Å². The van der Waals surface area contributed by atoms with Crippen molar-refractivity contribution < 1.29 is 25.8 Å². The van der Waals surface area contributed by atoms with E-state index in [1.165, 1.54) is 16.7 Å². The molecule has 3 aromatic rings. The molecular formula is C20H20BrNOS. The molecule has 0 aliphatic carbocycles. The lowest BCUT2D eigenvalue weighted by Gasteiger charge is -2.03. The molecule has 0 aliphatic rings. The summed E-state index contributed by atoms with van der Waals surface area (Å²) in [5, 5.41) is 0. The predicted octanol–water partition coefficient (Wildman–Crippen LogP) is 0.810. The first-order valence-corrected chi connectivity index (χ1v) is 8.80. The lowest BCUT2D eigenvalue weighted by atomic mass is 10.1. The van der Waals surface area contributed by atoms with Crippen LogP contribution in [0.15, 0.2) is 82.8 Å². The number of benzene rings is 2. The number of aryl methyl sites for hydroxylation is 2. The van der Waals surface area contributed by atoms with E-state index >= 15 is 0 Å². The Morgan fingerprint density at radius 1 is 0.833 bits per heavy atom. The van der Waals surface area contributed by atoms with Crippen molar-refractivity contribution in [2.45, 2.75) is 30.2 Å². The van der Waals surface area contributed by atoms with Crippen LogP contribution >= 0.6 is 0 Å². The Hall–Kier alpha value is -1.78. The second-order valence-corrected chi connectivity index (χ2v) is 7.26. The Balaban J connectivity index is 0.00000208. The minimum Gasteiger partial charge on any atom is -1.00 e. The van der Waals surface area contributed by atoms with Gasteiger partial charge in [-0.15, -0.1) is 0 Å². The van der Waals surface area contributed by atoms with Gasteiger partial charge in [-0.2, -0.15) is 4.57 Å². The van der Waals surface area contributed by atoms with Crippen molar-refractivity contribution in [3.05, 3.63) is 89.7 Å². The summed E-state index contributed by atoms with van der Waals surface area (Å²) in [5.41, 5.74) is 3.67. The molecule has 1 unspecified atom stereocenters. The van der Waals surface area contributed by atoms with Gasteiger partial charge in [-0.1, -0.05) is 47.5 Å². The van der Waals surface area contributed by atoms with Crippen molar-refractivity contribution in [1.29, 1.82) is 0 Å². The molecule has 0 bridgehead atoms. The standard InChI is InChI=1S/C20H20NOS.BrH/c1-16-5-9-18(10-6-16)14-21-13-3-4-20(15-21)23(22)19-11-7-17(2)8-12-19;/h3-13,15H,14H2,1-2H3;1H/q+1;/p-1. The van der Waals surface area contributed by atoms with E-state index in [0.29, 0.717) is 0 Å². The van der Waals surface area contributed by atoms with Gasteiger partial charge in [0.1, 0.15) is 4.90 Å². The first-order chi connectivity index (χ1) is 11.1. The van der Waals surface area contributed by atoms with Crippen molar-refractivity contribution in [2.75, 3.05) is 0 Å². The fraction of sp³-hybridized carbons (Fsp3) is 0.150. The number of halogens is 1. The van der Waals surface area contributed by atoms with Crippen LogP contribution in [-0.4, -0.2) is 4.21 Å². The normalized spacial score (nSPS) is 11.6. The number of aromatic nitrogens is 1. The molecule has 1 aromatic heterocycles. The number of hydrogen-bond donors (Lipinski definition) is 0. The van der Waals surface area contributed by atoms with Gasteiger partial charge in [0.05, 0.1) is 10.8 Å². The van der Waals surface area contributed by atoms with E-state index in [1.54, 1.807) is 0 Å². The third kappa shape index (κ3) is 4.62. The molecule has 1 atom stereocenters. The molecule has 24 heavy (non-hydrogen) atoms. The summed E-state index contributed by atoms with van der Waals surface area (Å²) in [6, 6.07) is 20.2. The van der Waals surface area contributed by atoms with Gasteiger partial charge in [-0.25, -0.2) is 4.21 Å². The quantitative estimate of drug-likeness (QED) is 0.592. The molecule has 0 fully saturated rings. The van der Waals surface area contributed by atoms with Crippen LogP contribution in [0.1, 0.15) is 16.7 Å². The fourth-order valence-electron chi connectivity index (χ4n) is 2.41. The van der Waals surface area contributed by atoms with E-state index < -0.39 is 10.8 Å². The number of nitrogens with zero attached hydrogens (tertiary/aromatic N) is 1. The van der Waals surface area contributed by atoms with Crippen molar-refractivity contribution in [3.63, 3.8) is 0 Å². The van der Waals surface area contributed by atoms with Crippen LogP contribution < -0.4 is 21.5 Å². The van der Waals surface area contributed by atoms with Gasteiger partial charge in [0.15, 0.2) is 18.9 Å². The molecule has 0 spiro atoms. The second-order valence-electron chi connectivity index (χ2n) is 5.78. The number of pyridine rings is 1. The zero-order valence-corrected chi connectivity index (χ0v) is 16.2. The topological polar surface area (TPSA) is 20.9 Å². The molecule has 0 aliphatic heterocycles. The minimum atomic E-state index is -1.15. The molecule has 124 valence electrons. The van der Waals surface area contributed by atoms with Crippen LogP contribution in [0.2, 0.25) is 0 Å². The molecule has 0 saturated carbocycles. The molecule has 0 radical (unpaired) electrons. The first kappa shape index (κ1) is 18.6. The van der Waals surface area contributed by atoms with Gasteiger partial charge < -0.3 is 17.0 Å². The average molecular weight is 402 g/mol. The third-order valence-corrected chi connectivity index (χ3v) is 5.14. The summed E-state index contributed by atoms with van der Waals surface area (Å²) in [7, 11) is -1.15. The summed E-state index contributed by atoms with van der Waals surface area (Å²) in [4.78, 5) is 1.66. The van der Waals surface area contributed by atoms with Crippen molar-refractivity contribution in [3.8, 4) is 0 Å². The molecule has 2 nitrogen and oxygen atoms in total. The smallest absolute Gasteiger partial charge is 0.185 e. The molecular weight excluding hydrogens is 382 g/mol. The van der Waals surface area contributed by atoms with E-state index in [4.69, 9.17) is 0 Å². The Bertz CT molecular complexity index is 829. The molecule has 2 aromatic carbocycles. The van der Waals surface area contributed by atoms with Crippen molar-refractivity contribution in [1.82, 2.24) is 0 Å². The van der Waals surface area contributed by atoms with Crippen LogP contribution in [0.3, 0.4) is 0 Å². The third-order valence-electron chi connectivity index (χ3n) is 3.77. The predicted molar refractivity (Wildman–Crippen MR) is 92.8 cm³/mol. The lowest BCUT2D eigenvalue weighted by molar-refractivity contribution is -0.690. The number of hydrogen-bond acceptors (Lipinski definition) is 1. The second kappa shape index (κ2) is 8.36. The highest BCUT2D eigenvalue weighted by Gasteiger charge is 2.12. The van der Waals surface area contributed by atoms with Crippen molar-refractivity contribution >= 4 is 10.8 Å². The highest BCUT2D eigenvalue weighted by Crippen LogP contribution is 2.15. The molecule has 4 heteroatoms. The van der Waals surface area contributed by atoms with Gasteiger partial charge in [-0.05, 0) is 32.0 Å². The van der Waals surface area contributed by atoms with E-state index in [2.05, 4.69) is 35.8 Å². The van der Waals surface area contributed by atoms with Gasteiger partial charge >= 0.3 is 0 Å². The Morgan fingerprint density at radius 3 is 2.04 bits per heavy atom. The minimum absolute atomic E-state index is 0. The largest absolute Gasteiger partial charge is 1.00 e. The van der Waals surface area contributed by atoms with Crippen LogP contribution in [0, 0.1) is 13.8 Å². The summed E-state index contributed by atoms with van der Waals surface area (Å²) < 4.78 is 14.8. The Labute approximate surface area is 156 Å². The summed E-state index contributed by atoms with van der Waals surface area (Å²) >= 11 is 0. The molecule has 0 saturated heterocycles. The maximum Gasteiger partial charge on any atom is 0.185 e.